The summed E-state index contributed by atoms with van der Waals surface area (Å²) in [6.45, 7) is 0. The predicted molar refractivity (Wildman–Crippen MR) is 41.8 cm³/mol. The maximum absolute atomic E-state index is 9.13. The molecule has 0 heterocycles. The van der Waals surface area contributed by atoms with Crippen LogP contribution in [0.2, 0.25) is 0 Å². The van der Waals surface area contributed by atoms with E-state index in [1.54, 1.807) is 0 Å². The first-order valence-corrected chi connectivity index (χ1v) is 2.97. The van der Waals surface area contributed by atoms with E-state index in [1.165, 1.54) is 5.43 Å². The van der Waals surface area contributed by atoms with Gasteiger partial charge in [-0.2, -0.15) is 0 Å². The van der Waals surface area contributed by atoms with Gasteiger partial charge in [0.05, 0.1) is 0 Å². The second-order valence-electron chi connectivity index (χ2n) is 1.60. The molecular formula is C7H10N2O2. The van der Waals surface area contributed by atoms with Gasteiger partial charge in [0.2, 0.25) is 0 Å². The molecule has 0 unspecified atom stereocenters. The largest absolute Gasteiger partial charge is 0.464 e. The highest BCUT2D eigenvalue weighted by molar-refractivity contribution is 5.63. The molecule has 0 saturated heterocycles. The maximum Gasteiger partial charge on any atom is 0.418 e. The fraction of sp³-hybridized carbons (Fsp3) is 0. The average Bonchev–Trinajstić information content (AvgIpc) is 2.09. The Morgan fingerprint density at radius 1 is 1.09 bits per heavy atom. The van der Waals surface area contributed by atoms with E-state index in [-0.39, 0.29) is 0 Å². The quantitative estimate of drug-likeness (QED) is 0.294. The van der Waals surface area contributed by atoms with Crippen LogP contribution in [-0.4, -0.2) is 11.2 Å². The lowest BCUT2D eigenvalue weighted by molar-refractivity contribution is 0.194. The normalized spacial score (nSPS) is 7.36. The van der Waals surface area contributed by atoms with Crippen molar-refractivity contribution in [3.63, 3.8) is 0 Å². The second kappa shape index (κ2) is 6.57. The van der Waals surface area contributed by atoms with Crippen molar-refractivity contribution in [3.8, 4) is 0 Å². The van der Waals surface area contributed by atoms with Crippen molar-refractivity contribution in [1.29, 1.82) is 0 Å². The van der Waals surface area contributed by atoms with Crippen molar-refractivity contribution in [2.24, 2.45) is 5.84 Å². The molecule has 0 aliphatic carbocycles. The molecule has 4 heteroatoms. The number of carbonyl (C=O) groups is 1. The lowest BCUT2D eigenvalue weighted by Crippen LogP contribution is -2.27. The minimum absolute atomic E-state index is 1.22. The van der Waals surface area contributed by atoms with Gasteiger partial charge >= 0.3 is 6.09 Å². The molecule has 0 fully saturated rings. The first kappa shape index (κ1) is 9.45. The molecule has 1 rings (SSSR count). The van der Waals surface area contributed by atoms with Gasteiger partial charge in [0.1, 0.15) is 0 Å². The van der Waals surface area contributed by atoms with Gasteiger partial charge in [-0.15, -0.1) is 0 Å². The topological polar surface area (TPSA) is 75.3 Å². The number of hydrogen-bond donors (Lipinski definition) is 3. The molecule has 0 radical (unpaired) electrons. The van der Waals surface area contributed by atoms with Crippen LogP contribution >= 0.6 is 0 Å². The van der Waals surface area contributed by atoms with Gasteiger partial charge in [0.25, 0.3) is 0 Å². The fourth-order valence-electron chi connectivity index (χ4n) is 0.385. The third kappa shape index (κ3) is 8.45. The van der Waals surface area contributed by atoms with Gasteiger partial charge < -0.3 is 5.11 Å². The summed E-state index contributed by atoms with van der Waals surface area (Å²) in [5.41, 5.74) is 1.44. The molecule has 0 bridgehead atoms. The van der Waals surface area contributed by atoms with Crippen molar-refractivity contribution in [2.75, 3.05) is 0 Å². The molecule has 4 N–H and O–H groups in total. The summed E-state index contributed by atoms with van der Waals surface area (Å²) in [6.07, 6.45) is -1.22. The van der Waals surface area contributed by atoms with E-state index in [9.17, 15) is 0 Å². The summed E-state index contributed by atoms with van der Waals surface area (Å²) < 4.78 is 0. The van der Waals surface area contributed by atoms with Crippen LogP contribution in [0.1, 0.15) is 0 Å². The molecule has 0 saturated carbocycles. The molecule has 60 valence electrons. The smallest absolute Gasteiger partial charge is 0.418 e. The molecular weight excluding hydrogens is 144 g/mol. The Hall–Kier alpha value is -1.55. The van der Waals surface area contributed by atoms with Gasteiger partial charge in [-0.1, -0.05) is 36.4 Å². The zero-order valence-corrected chi connectivity index (χ0v) is 5.90. The zero-order valence-electron chi connectivity index (χ0n) is 5.90. The molecule has 4 nitrogen and oxygen atoms in total. The zero-order chi connectivity index (χ0) is 8.53. The Balaban J connectivity index is 0.000000187. The van der Waals surface area contributed by atoms with E-state index >= 15 is 0 Å². The minimum atomic E-state index is -1.22. The predicted octanol–water partition coefficient (Wildman–Crippen LogP) is 0.814. The van der Waals surface area contributed by atoms with E-state index in [0.717, 1.165) is 0 Å². The van der Waals surface area contributed by atoms with Gasteiger partial charge in [0, 0.05) is 0 Å². The molecule has 0 aliphatic rings. The standard InChI is InChI=1S/C6H6.CH4N2O2/c1-2-4-6-5-3-1;2-3-1(4)5/h1-6H;3H,2H2,(H,4,5). The number of hydrazine groups is 1. The Labute approximate surface area is 64.6 Å². The summed E-state index contributed by atoms with van der Waals surface area (Å²) >= 11 is 0. The highest BCUT2D eigenvalue weighted by atomic mass is 16.4. The van der Waals surface area contributed by atoms with Crippen LogP contribution in [0.3, 0.4) is 0 Å². The van der Waals surface area contributed by atoms with Crippen LogP contribution in [0.25, 0.3) is 0 Å². The summed E-state index contributed by atoms with van der Waals surface area (Å²) in [7, 11) is 0. The monoisotopic (exact) mass is 154 g/mol. The number of nitrogens with one attached hydrogen (secondary N) is 1. The van der Waals surface area contributed by atoms with E-state index in [0.29, 0.717) is 0 Å². The van der Waals surface area contributed by atoms with E-state index < -0.39 is 6.09 Å². The highest BCUT2D eigenvalue weighted by Gasteiger charge is 1.77. The van der Waals surface area contributed by atoms with E-state index in [2.05, 4.69) is 5.84 Å². The van der Waals surface area contributed by atoms with Crippen molar-refractivity contribution < 1.29 is 9.90 Å². The van der Waals surface area contributed by atoms with E-state index in [4.69, 9.17) is 9.90 Å². The van der Waals surface area contributed by atoms with Gasteiger partial charge in [-0.3, -0.25) is 5.43 Å². The summed E-state index contributed by atoms with van der Waals surface area (Å²) in [5.74, 6) is 4.32. The fourth-order valence-corrected chi connectivity index (χ4v) is 0.385. The molecule has 1 aromatic rings. The number of benzene rings is 1. The molecule has 1 amide bonds. The Kier molecular flexibility index (Phi) is 5.64. The first-order valence-electron chi connectivity index (χ1n) is 2.97. The molecule has 1 aromatic carbocycles. The Morgan fingerprint density at radius 3 is 1.36 bits per heavy atom. The van der Waals surface area contributed by atoms with Crippen LogP contribution in [0.5, 0.6) is 0 Å². The second-order valence-corrected chi connectivity index (χ2v) is 1.60. The average molecular weight is 154 g/mol. The summed E-state index contributed by atoms with van der Waals surface area (Å²) in [5, 5.41) is 7.49. The molecule has 11 heavy (non-hydrogen) atoms. The van der Waals surface area contributed by atoms with E-state index in [1.807, 2.05) is 36.4 Å². The van der Waals surface area contributed by atoms with Crippen molar-refractivity contribution >= 4 is 6.09 Å². The minimum Gasteiger partial charge on any atom is -0.464 e. The Bertz CT molecular complexity index is 162. The van der Waals surface area contributed by atoms with Crippen molar-refractivity contribution in [1.82, 2.24) is 5.43 Å². The molecule has 0 aromatic heterocycles. The molecule has 0 spiro atoms. The Morgan fingerprint density at radius 2 is 1.27 bits per heavy atom. The third-order valence-electron chi connectivity index (χ3n) is 0.790. The SMILES string of the molecule is NNC(=O)O.c1ccccc1. The van der Waals surface area contributed by atoms with Crippen molar-refractivity contribution in [3.05, 3.63) is 36.4 Å². The van der Waals surface area contributed by atoms with Gasteiger partial charge in [-0.25, -0.2) is 10.6 Å². The number of rotatable bonds is 0. The lowest BCUT2D eigenvalue weighted by Gasteiger charge is -1.79. The van der Waals surface area contributed by atoms with Gasteiger partial charge in [-0.05, 0) is 0 Å². The third-order valence-corrected chi connectivity index (χ3v) is 0.790. The highest BCUT2D eigenvalue weighted by Crippen LogP contribution is 1.79. The van der Waals surface area contributed by atoms with Crippen LogP contribution in [0.15, 0.2) is 36.4 Å². The van der Waals surface area contributed by atoms with Crippen LogP contribution in [-0.2, 0) is 0 Å². The van der Waals surface area contributed by atoms with Crippen LogP contribution in [0.4, 0.5) is 4.79 Å². The van der Waals surface area contributed by atoms with Crippen LogP contribution in [0, 0.1) is 0 Å². The van der Waals surface area contributed by atoms with Gasteiger partial charge in [0.15, 0.2) is 0 Å². The number of carboxylic acid groups (broad SMARTS) is 1. The number of hydrogen-bond acceptors (Lipinski definition) is 2. The molecule has 0 aliphatic heterocycles. The number of nitrogens with two attached hydrogens (primary N) is 1. The van der Waals surface area contributed by atoms with Crippen molar-refractivity contribution in [2.45, 2.75) is 0 Å². The number of amides is 1. The summed E-state index contributed by atoms with van der Waals surface area (Å²) in [6, 6.07) is 12.0. The first-order chi connectivity index (χ1) is 5.27. The molecule has 0 atom stereocenters. The lowest BCUT2D eigenvalue weighted by atomic mass is 10.4. The summed E-state index contributed by atoms with van der Waals surface area (Å²) in [4.78, 5) is 9.13. The maximum atomic E-state index is 9.13. The van der Waals surface area contributed by atoms with Crippen LogP contribution < -0.4 is 11.3 Å².